The molecule has 27 heavy (non-hydrogen) atoms. The molecule has 0 N–H and O–H groups in total. The number of anilines is 1. The van der Waals surface area contributed by atoms with Crippen molar-refractivity contribution >= 4 is 11.7 Å². The van der Waals surface area contributed by atoms with Crippen LogP contribution in [0.4, 0.5) is 5.82 Å². The number of hydrogen-bond donors (Lipinski definition) is 0. The normalized spacial score (nSPS) is 12.8. The standard InChI is InChI=1S/C21H24N4O2/c1-3-5-6-7-12-25-19(26)13-17-18(14-22)23-20(24-21(17)25)15-8-10-16(11-9-15)27-4-2/h8-11H,3-7,12-13H2,1-2H3. The van der Waals surface area contributed by atoms with E-state index in [1.807, 2.05) is 31.2 Å². The van der Waals surface area contributed by atoms with Crippen molar-refractivity contribution in [2.45, 2.75) is 46.0 Å². The SMILES string of the molecule is CCCCCCN1C(=O)Cc2c(C#N)nc(-c3ccc(OCC)cc3)nc21. The van der Waals surface area contributed by atoms with Gasteiger partial charge in [0.25, 0.3) is 0 Å². The van der Waals surface area contributed by atoms with E-state index in [2.05, 4.69) is 23.0 Å². The number of benzene rings is 1. The molecule has 2 aromatic rings. The Balaban J connectivity index is 1.91. The highest BCUT2D eigenvalue weighted by atomic mass is 16.5. The van der Waals surface area contributed by atoms with Crippen molar-refractivity contribution in [3.8, 4) is 23.2 Å². The first-order valence-corrected chi connectivity index (χ1v) is 9.52. The molecule has 0 radical (unpaired) electrons. The zero-order valence-corrected chi connectivity index (χ0v) is 15.9. The van der Waals surface area contributed by atoms with Crippen molar-refractivity contribution < 1.29 is 9.53 Å². The monoisotopic (exact) mass is 364 g/mol. The second kappa shape index (κ2) is 8.63. The van der Waals surface area contributed by atoms with E-state index in [1.54, 1.807) is 4.90 Å². The number of nitriles is 1. The molecule has 1 amide bonds. The number of fused-ring (bicyclic) bond motifs is 1. The Hall–Kier alpha value is -2.94. The third-order valence-electron chi connectivity index (χ3n) is 4.63. The number of unbranched alkanes of at least 4 members (excludes halogenated alkanes) is 3. The number of carbonyl (C=O) groups excluding carboxylic acids is 1. The summed E-state index contributed by atoms with van der Waals surface area (Å²) in [5, 5.41) is 9.52. The van der Waals surface area contributed by atoms with E-state index in [9.17, 15) is 10.1 Å². The zero-order chi connectivity index (χ0) is 19.2. The maximum atomic E-state index is 12.5. The maximum Gasteiger partial charge on any atom is 0.232 e. The van der Waals surface area contributed by atoms with E-state index in [-0.39, 0.29) is 18.0 Å². The summed E-state index contributed by atoms with van der Waals surface area (Å²) in [6.45, 7) is 5.33. The smallest absolute Gasteiger partial charge is 0.232 e. The number of nitrogens with zero attached hydrogens (tertiary/aromatic N) is 4. The van der Waals surface area contributed by atoms with Gasteiger partial charge in [0.1, 0.15) is 23.3 Å². The Morgan fingerprint density at radius 3 is 2.59 bits per heavy atom. The molecule has 1 aromatic heterocycles. The summed E-state index contributed by atoms with van der Waals surface area (Å²) in [6, 6.07) is 9.59. The summed E-state index contributed by atoms with van der Waals surface area (Å²) >= 11 is 0. The summed E-state index contributed by atoms with van der Waals surface area (Å²) in [7, 11) is 0. The first-order chi connectivity index (χ1) is 13.2. The number of carbonyl (C=O) groups is 1. The van der Waals surface area contributed by atoms with Gasteiger partial charge in [-0.25, -0.2) is 9.97 Å². The van der Waals surface area contributed by atoms with Gasteiger partial charge in [-0.05, 0) is 37.6 Å². The number of hydrogen-bond acceptors (Lipinski definition) is 5. The minimum atomic E-state index is -0.00357. The van der Waals surface area contributed by atoms with E-state index in [0.717, 1.165) is 37.0 Å². The Labute approximate surface area is 159 Å². The van der Waals surface area contributed by atoms with Gasteiger partial charge in [0, 0.05) is 17.7 Å². The Kier molecular flexibility index (Phi) is 6.02. The van der Waals surface area contributed by atoms with Crippen molar-refractivity contribution in [2.75, 3.05) is 18.1 Å². The Morgan fingerprint density at radius 1 is 1.15 bits per heavy atom. The molecule has 1 aliphatic rings. The second-order valence-corrected chi connectivity index (χ2v) is 6.55. The lowest BCUT2D eigenvalue weighted by Crippen LogP contribution is -2.28. The molecule has 3 rings (SSSR count). The largest absolute Gasteiger partial charge is 0.494 e. The molecular weight excluding hydrogens is 340 g/mol. The molecule has 0 aliphatic carbocycles. The van der Waals surface area contributed by atoms with Gasteiger partial charge >= 0.3 is 0 Å². The van der Waals surface area contributed by atoms with Gasteiger partial charge < -0.3 is 4.74 Å². The van der Waals surface area contributed by atoms with Gasteiger partial charge in [-0.15, -0.1) is 0 Å². The van der Waals surface area contributed by atoms with Gasteiger partial charge in [-0.1, -0.05) is 26.2 Å². The van der Waals surface area contributed by atoms with Gasteiger partial charge in [-0.3, -0.25) is 9.69 Å². The van der Waals surface area contributed by atoms with Crippen LogP contribution < -0.4 is 9.64 Å². The van der Waals surface area contributed by atoms with Gasteiger partial charge in [-0.2, -0.15) is 5.26 Å². The van der Waals surface area contributed by atoms with E-state index in [0.29, 0.717) is 30.4 Å². The molecule has 0 fully saturated rings. The minimum Gasteiger partial charge on any atom is -0.494 e. The van der Waals surface area contributed by atoms with Crippen LogP contribution in [0.15, 0.2) is 24.3 Å². The van der Waals surface area contributed by atoms with E-state index >= 15 is 0 Å². The molecule has 0 spiro atoms. The van der Waals surface area contributed by atoms with Crippen molar-refractivity contribution in [3.63, 3.8) is 0 Å². The summed E-state index contributed by atoms with van der Waals surface area (Å²) in [5.41, 5.74) is 1.73. The summed E-state index contributed by atoms with van der Waals surface area (Å²) in [6.07, 6.45) is 4.52. The molecule has 2 heterocycles. The third kappa shape index (κ3) is 4.08. The summed E-state index contributed by atoms with van der Waals surface area (Å²) in [4.78, 5) is 23.2. The fourth-order valence-corrected chi connectivity index (χ4v) is 3.24. The molecule has 0 saturated heterocycles. The quantitative estimate of drug-likeness (QED) is 0.664. The molecule has 1 aromatic carbocycles. The Morgan fingerprint density at radius 2 is 1.93 bits per heavy atom. The molecule has 140 valence electrons. The van der Waals surface area contributed by atoms with E-state index in [1.165, 1.54) is 0 Å². The van der Waals surface area contributed by atoms with Crippen LogP contribution in [0.2, 0.25) is 0 Å². The molecule has 6 nitrogen and oxygen atoms in total. The molecule has 0 unspecified atom stereocenters. The lowest BCUT2D eigenvalue weighted by atomic mass is 10.1. The maximum absolute atomic E-state index is 12.5. The molecular formula is C21H24N4O2. The Bertz CT molecular complexity index is 856. The molecule has 1 aliphatic heterocycles. The summed E-state index contributed by atoms with van der Waals surface area (Å²) in [5.74, 6) is 1.82. The van der Waals surface area contributed by atoms with E-state index < -0.39 is 0 Å². The van der Waals surface area contributed by atoms with Gasteiger partial charge in [0.2, 0.25) is 5.91 Å². The van der Waals surface area contributed by atoms with Gasteiger partial charge in [0.05, 0.1) is 13.0 Å². The van der Waals surface area contributed by atoms with Crippen LogP contribution in [-0.2, 0) is 11.2 Å². The highest BCUT2D eigenvalue weighted by Gasteiger charge is 2.32. The number of amides is 1. The second-order valence-electron chi connectivity index (χ2n) is 6.55. The highest BCUT2D eigenvalue weighted by Crippen LogP contribution is 2.32. The fourth-order valence-electron chi connectivity index (χ4n) is 3.24. The van der Waals surface area contributed by atoms with Crippen molar-refractivity contribution in [1.82, 2.24) is 9.97 Å². The fraction of sp³-hybridized carbons (Fsp3) is 0.429. The van der Waals surface area contributed by atoms with Crippen LogP contribution >= 0.6 is 0 Å². The van der Waals surface area contributed by atoms with E-state index in [4.69, 9.17) is 4.74 Å². The average Bonchev–Trinajstić information content (AvgIpc) is 3.00. The van der Waals surface area contributed by atoms with Crippen LogP contribution in [0.25, 0.3) is 11.4 Å². The lowest BCUT2D eigenvalue weighted by molar-refractivity contribution is -0.117. The van der Waals surface area contributed by atoms with Crippen LogP contribution in [0.1, 0.15) is 50.8 Å². The molecule has 6 heteroatoms. The predicted octanol–water partition coefficient (Wildman–Crippen LogP) is 3.88. The zero-order valence-electron chi connectivity index (χ0n) is 15.9. The van der Waals surface area contributed by atoms with Crippen molar-refractivity contribution in [3.05, 3.63) is 35.5 Å². The number of rotatable bonds is 8. The molecule has 0 bridgehead atoms. The summed E-state index contributed by atoms with van der Waals surface area (Å²) < 4.78 is 5.46. The topological polar surface area (TPSA) is 79.1 Å². The molecule has 0 atom stereocenters. The average molecular weight is 364 g/mol. The third-order valence-corrected chi connectivity index (χ3v) is 4.63. The van der Waals surface area contributed by atoms with Crippen LogP contribution in [0.5, 0.6) is 5.75 Å². The number of ether oxygens (including phenoxy) is 1. The van der Waals surface area contributed by atoms with Crippen molar-refractivity contribution in [1.29, 1.82) is 5.26 Å². The van der Waals surface area contributed by atoms with Crippen LogP contribution in [0.3, 0.4) is 0 Å². The lowest BCUT2D eigenvalue weighted by Gasteiger charge is -2.17. The van der Waals surface area contributed by atoms with Crippen LogP contribution in [0, 0.1) is 11.3 Å². The first kappa shape index (κ1) is 18.8. The molecule has 0 saturated carbocycles. The minimum absolute atomic E-state index is 0.00357. The number of aromatic nitrogens is 2. The van der Waals surface area contributed by atoms with Crippen LogP contribution in [-0.4, -0.2) is 29.0 Å². The predicted molar refractivity (Wildman–Crippen MR) is 104 cm³/mol. The van der Waals surface area contributed by atoms with Gasteiger partial charge in [0.15, 0.2) is 5.82 Å². The van der Waals surface area contributed by atoms with Crippen molar-refractivity contribution in [2.24, 2.45) is 0 Å². The first-order valence-electron chi connectivity index (χ1n) is 9.52. The highest BCUT2D eigenvalue weighted by molar-refractivity contribution is 6.01.